The molecule has 0 spiro atoms. The Bertz CT molecular complexity index is 817. The van der Waals surface area contributed by atoms with Gasteiger partial charge in [-0.2, -0.15) is 4.80 Å². The van der Waals surface area contributed by atoms with Crippen molar-refractivity contribution in [2.75, 3.05) is 36.5 Å². The van der Waals surface area contributed by atoms with Crippen LogP contribution in [0.1, 0.15) is 30.1 Å². The van der Waals surface area contributed by atoms with Crippen molar-refractivity contribution < 1.29 is 14.5 Å². The van der Waals surface area contributed by atoms with Crippen LogP contribution in [0.2, 0.25) is 0 Å². The number of ether oxygens (including phenoxy) is 1. The van der Waals surface area contributed by atoms with E-state index in [4.69, 9.17) is 4.74 Å². The van der Waals surface area contributed by atoms with E-state index in [0.717, 1.165) is 12.8 Å². The molecular weight excluding hydrogens is 354 g/mol. The molecule has 1 aliphatic heterocycles. The van der Waals surface area contributed by atoms with Gasteiger partial charge in [-0.25, -0.2) is 0 Å². The topological polar surface area (TPSA) is 128 Å². The molecule has 0 saturated carbocycles. The summed E-state index contributed by atoms with van der Waals surface area (Å²) in [6, 6.07) is 4.40. The third kappa shape index (κ3) is 4.56. The summed E-state index contributed by atoms with van der Waals surface area (Å²) in [7, 11) is 0. The SMILES string of the molecule is CCCCn1nnc(NC(=O)c2ccc(N3CCOCC3)c([N+](=O)[O-])c2)n1. The van der Waals surface area contributed by atoms with Gasteiger partial charge < -0.3 is 9.64 Å². The molecule has 1 aromatic carbocycles. The Kier molecular flexibility index (Phi) is 5.91. The number of aromatic nitrogens is 4. The third-order valence-electron chi connectivity index (χ3n) is 4.18. The Balaban J connectivity index is 1.75. The van der Waals surface area contributed by atoms with Crippen molar-refractivity contribution in [2.45, 2.75) is 26.3 Å². The lowest BCUT2D eigenvalue weighted by atomic mass is 10.1. The monoisotopic (exact) mass is 375 g/mol. The second-order valence-electron chi connectivity index (χ2n) is 6.08. The fraction of sp³-hybridized carbons (Fsp3) is 0.500. The molecule has 1 aromatic heterocycles. The van der Waals surface area contributed by atoms with Crippen LogP contribution in [0.5, 0.6) is 0 Å². The second kappa shape index (κ2) is 8.54. The summed E-state index contributed by atoms with van der Waals surface area (Å²) in [5.74, 6) is -0.460. The number of hydrogen-bond donors (Lipinski definition) is 1. The lowest BCUT2D eigenvalue weighted by Gasteiger charge is -2.28. The van der Waals surface area contributed by atoms with E-state index in [1.54, 1.807) is 12.1 Å². The zero-order valence-corrected chi connectivity index (χ0v) is 15.0. The van der Waals surface area contributed by atoms with Gasteiger partial charge >= 0.3 is 0 Å². The van der Waals surface area contributed by atoms with Crippen LogP contribution >= 0.6 is 0 Å². The molecule has 0 aliphatic carbocycles. The first-order valence-corrected chi connectivity index (χ1v) is 8.78. The number of nitro groups is 1. The number of carbonyl (C=O) groups is 1. The van der Waals surface area contributed by atoms with Crippen LogP contribution in [0, 0.1) is 10.1 Å². The maximum Gasteiger partial charge on any atom is 0.293 e. The van der Waals surface area contributed by atoms with E-state index in [-0.39, 0.29) is 17.2 Å². The van der Waals surface area contributed by atoms with Crippen LogP contribution in [0.25, 0.3) is 0 Å². The summed E-state index contributed by atoms with van der Waals surface area (Å²) in [4.78, 5) is 26.7. The molecule has 1 aliphatic rings. The number of rotatable bonds is 7. The lowest BCUT2D eigenvalue weighted by molar-refractivity contribution is -0.384. The number of nitrogens with zero attached hydrogens (tertiary/aromatic N) is 6. The van der Waals surface area contributed by atoms with Crippen molar-refractivity contribution in [3.63, 3.8) is 0 Å². The minimum Gasteiger partial charge on any atom is -0.378 e. The summed E-state index contributed by atoms with van der Waals surface area (Å²) >= 11 is 0. The summed E-state index contributed by atoms with van der Waals surface area (Å²) in [6.45, 7) is 4.82. The van der Waals surface area contributed by atoms with Gasteiger partial charge in [-0.05, 0) is 23.8 Å². The van der Waals surface area contributed by atoms with Crippen molar-refractivity contribution in [3.8, 4) is 0 Å². The molecule has 2 heterocycles. The highest BCUT2D eigenvalue weighted by molar-refractivity contribution is 6.04. The molecule has 3 rings (SSSR count). The number of tetrazole rings is 1. The van der Waals surface area contributed by atoms with Gasteiger partial charge in [0.05, 0.1) is 24.7 Å². The van der Waals surface area contributed by atoms with Gasteiger partial charge in [0.2, 0.25) is 0 Å². The van der Waals surface area contributed by atoms with Crippen LogP contribution < -0.4 is 10.2 Å². The molecule has 1 fully saturated rings. The fourth-order valence-electron chi connectivity index (χ4n) is 2.74. The van der Waals surface area contributed by atoms with Crippen LogP contribution in [0.15, 0.2) is 18.2 Å². The number of amides is 1. The maximum atomic E-state index is 12.4. The summed E-state index contributed by atoms with van der Waals surface area (Å²) in [6.07, 6.45) is 1.89. The zero-order valence-electron chi connectivity index (χ0n) is 15.0. The molecule has 1 N–H and O–H groups in total. The predicted molar refractivity (Wildman–Crippen MR) is 96.8 cm³/mol. The molecule has 0 radical (unpaired) electrons. The summed E-state index contributed by atoms with van der Waals surface area (Å²) in [5.41, 5.74) is 0.510. The van der Waals surface area contributed by atoms with Crippen LogP contribution in [-0.2, 0) is 11.3 Å². The van der Waals surface area contributed by atoms with Crippen molar-refractivity contribution in [2.24, 2.45) is 0 Å². The molecule has 0 atom stereocenters. The van der Waals surface area contributed by atoms with Gasteiger partial charge in [-0.15, -0.1) is 5.10 Å². The Hall–Kier alpha value is -3.08. The van der Waals surface area contributed by atoms with E-state index in [9.17, 15) is 14.9 Å². The molecule has 144 valence electrons. The van der Waals surface area contributed by atoms with Gasteiger partial charge in [0.15, 0.2) is 0 Å². The molecule has 1 saturated heterocycles. The van der Waals surface area contributed by atoms with Crippen LogP contribution in [0.3, 0.4) is 0 Å². The smallest absolute Gasteiger partial charge is 0.293 e. The predicted octanol–water partition coefficient (Wildman–Crippen LogP) is 1.47. The number of hydrogen-bond acceptors (Lipinski definition) is 8. The van der Waals surface area contributed by atoms with E-state index >= 15 is 0 Å². The molecule has 11 heteroatoms. The Morgan fingerprint density at radius 1 is 1.37 bits per heavy atom. The minimum atomic E-state index is -0.526. The quantitative estimate of drug-likeness (QED) is 0.569. The average Bonchev–Trinajstić information content (AvgIpc) is 3.13. The zero-order chi connectivity index (χ0) is 19.2. The third-order valence-corrected chi connectivity index (χ3v) is 4.18. The van der Waals surface area contributed by atoms with Gasteiger partial charge in [-0.1, -0.05) is 18.4 Å². The van der Waals surface area contributed by atoms with E-state index in [1.807, 2.05) is 11.8 Å². The molecule has 2 aromatic rings. The highest BCUT2D eigenvalue weighted by atomic mass is 16.6. The molecule has 0 unspecified atom stereocenters. The fourth-order valence-corrected chi connectivity index (χ4v) is 2.74. The number of carbonyl (C=O) groups excluding carboxylic acids is 1. The van der Waals surface area contributed by atoms with Gasteiger partial charge in [-0.3, -0.25) is 20.2 Å². The molecule has 1 amide bonds. The molecular formula is C16H21N7O4. The largest absolute Gasteiger partial charge is 0.378 e. The molecule has 0 bridgehead atoms. The van der Waals surface area contributed by atoms with Gasteiger partial charge in [0, 0.05) is 24.7 Å². The summed E-state index contributed by atoms with van der Waals surface area (Å²) in [5, 5.41) is 25.7. The standard InChI is InChI=1S/C16H21N7O4/c1-2-3-6-22-19-16(18-20-22)17-15(24)12-4-5-13(14(11-12)23(25)26)21-7-9-27-10-8-21/h4-5,11H,2-3,6-10H2,1H3,(H,17,19,24). The Morgan fingerprint density at radius 3 is 2.85 bits per heavy atom. The minimum absolute atomic E-state index is 0.0658. The second-order valence-corrected chi connectivity index (χ2v) is 6.08. The maximum absolute atomic E-state index is 12.4. The normalized spacial score (nSPS) is 14.2. The van der Waals surface area contributed by atoms with Gasteiger partial charge in [0.1, 0.15) is 5.69 Å². The first-order valence-electron chi connectivity index (χ1n) is 8.78. The number of aryl methyl sites for hydroxylation is 1. The van der Waals surface area contributed by atoms with E-state index in [1.165, 1.54) is 10.9 Å². The number of nitrogens with one attached hydrogen (secondary N) is 1. The first kappa shape index (κ1) is 18.7. The van der Waals surface area contributed by atoms with E-state index in [0.29, 0.717) is 38.5 Å². The van der Waals surface area contributed by atoms with Crippen LogP contribution in [-0.4, -0.2) is 57.3 Å². The number of nitro benzene ring substituents is 1. The number of anilines is 2. The van der Waals surface area contributed by atoms with Crippen molar-refractivity contribution >= 4 is 23.2 Å². The highest BCUT2D eigenvalue weighted by Gasteiger charge is 2.23. The lowest BCUT2D eigenvalue weighted by Crippen LogP contribution is -2.36. The Labute approximate surface area is 155 Å². The molecule has 11 nitrogen and oxygen atoms in total. The Morgan fingerprint density at radius 2 is 2.15 bits per heavy atom. The molecule has 27 heavy (non-hydrogen) atoms. The van der Waals surface area contributed by atoms with E-state index in [2.05, 4.69) is 20.7 Å². The van der Waals surface area contributed by atoms with Crippen molar-refractivity contribution in [1.29, 1.82) is 0 Å². The van der Waals surface area contributed by atoms with E-state index < -0.39 is 10.8 Å². The first-order chi connectivity index (χ1) is 13.1. The number of morpholine rings is 1. The average molecular weight is 375 g/mol. The number of benzene rings is 1. The van der Waals surface area contributed by atoms with Gasteiger partial charge in [0.25, 0.3) is 17.5 Å². The summed E-state index contributed by atoms with van der Waals surface area (Å²) < 4.78 is 5.28. The highest BCUT2D eigenvalue weighted by Crippen LogP contribution is 2.30. The van der Waals surface area contributed by atoms with Crippen LogP contribution in [0.4, 0.5) is 17.3 Å². The van der Waals surface area contributed by atoms with Crippen molar-refractivity contribution in [1.82, 2.24) is 20.2 Å². The van der Waals surface area contributed by atoms with Crippen molar-refractivity contribution in [3.05, 3.63) is 33.9 Å². The number of unbranched alkanes of at least 4 members (excludes halogenated alkanes) is 1.